The Kier molecular flexibility index (Phi) is 23.2. The Balaban J connectivity index is -0.000000192. The van der Waals surface area contributed by atoms with Crippen LogP contribution in [0.25, 0.3) is 0 Å². The Labute approximate surface area is 291 Å². The first-order valence-electron chi connectivity index (χ1n) is 11.2. The van der Waals surface area contributed by atoms with Crippen LogP contribution in [0.3, 0.4) is 0 Å². The third-order valence-corrected chi connectivity index (χ3v) is 3.96. The van der Waals surface area contributed by atoms with E-state index in [-0.39, 0.29) is 25.8 Å². The van der Waals surface area contributed by atoms with Gasteiger partial charge in [0.15, 0.2) is 25.7 Å². The molecule has 0 bridgehead atoms. The summed E-state index contributed by atoms with van der Waals surface area (Å²) in [5, 5.41) is 0. The number of rotatable bonds is 8. The van der Waals surface area contributed by atoms with Crippen LogP contribution in [-0.4, -0.2) is 134 Å². The quantitative estimate of drug-likeness (QED) is 0.114. The monoisotopic (exact) mass is 1020 g/mol. The van der Waals surface area contributed by atoms with Crippen LogP contribution < -0.4 is 0 Å². The zero-order valence-electron chi connectivity index (χ0n) is 24.0. The van der Waals surface area contributed by atoms with Gasteiger partial charge in [-0.15, -0.1) is 0 Å². The van der Waals surface area contributed by atoms with Crippen LogP contribution in [0.1, 0.15) is 25.7 Å². The maximum Gasteiger partial charge on any atom is 0.505 e. The molecule has 0 aromatic rings. The second-order valence-electron chi connectivity index (χ2n) is 8.26. The van der Waals surface area contributed by atoms with Crippen molar-refractivity contribution in [2.75, 3.05) is 0 Å². The molecule has 0 heterocycles. The first-order chi connectivity index (χ1) is 22.2. The van der Waals surface area contributed by atoms with E-state index >= 15 is 0 Å². The number of ketones is 8. The molecule has 0 radical (unpaired) electrons. The van der Waals surface area contributed by atoms with Crippen molar-refractivity contribution in [3.8, 4) is 0 Å². The van der Waals surface area contributed by atoms with Crippen molar-refractivity contribution in [2.45, 2.75) is 75.1 Å². The van der Waals surface area contributed by atoms with E-state index in [1.165, 1.54) is 0 Å². The van der Waals surface area contributed by atoms with Gasteiger partial charge < -0.3 is 0 Å². The van der Waals surface area contributed by atoms with Gasteiger partial charge in [0.25, 0.3) is 0 Å². The summed E-state index contributed by atoms with van der Waals surface area (Å²) in [4.78, 5) is 64.2. The summed E-state index contributed by atoms with van der Waals surface area (Å²) in [5.74, 6) is -19.1. The zero-order valence-corrected chi connectivity index (χ0v) is 27.6. The summed E-state index contributed by atoms with van der Waals surface area (Å²) >= 11 is 0. The van der Waals surface area contributed by atoms with Gasteiger partial charge in [0, 0.05) is 25.8 Å². The summed E-state index contributed by atoms with van der Waals surface area (Å²) < 4.78 is 274. The normalized spacial score (nSPS) is 12.5. The van der Waals surface area contributed by atoms with E-state index in [9.17, 15) is 105 Å². The van der Waals surface area contributed by atoms with Crippen LogP contribution in [0, 0.1) is 0 Å². The van der Waals surface area contributed by atoms with E-state index in [1.54, 1.807) is 0 Å². The molecule has 53 heavy (non-hydrogen) atoms. The fraction of sp³-hybridized carbons (Fsp3) is 0.600. The minimum Gasteiger partial charge on any atom is -0.273 e. The molecule has 0 rings (SSSR count). The molecule has 0 aromatic carbocycles. The Morgan fingerprint density at radius 3 is 0.302 bits per heavy atom. The van der Waals surface area contributed by atoms with Crippen molar-refractivity contribution in [2.24, 2.45) is 0 Å². The van der Waals surface area contributed by atoms with Crippen LogP contribution in [0.5, 0.6) is 0 Å². The number of alkyl halides is 24. The summed E-state index contributed by atoms with van der Waals surface area (Å²) in [6.45, 7) is 0. The number of carbonyl (C=O) groups excluding carboxylic acids is 8. The molecule has 8 nitrogen and oxygen atoms in total. The second kappa shape index (κ2) is 20.9. The SMILES string of the molecule is [Hf].[OH+]=C(CC(=[OH+])C(F)(F)F)C(F)(F)F.[OH+]=C(CC(=[OH+])C(F)(F)F)C(F)(F)F.[OH+]=C(CC(=[OH+])C(F)(F)F)C(F)(F)F.[OH+]=C(CC(=[OH+])C(F)(F)F)C(F)(F)F. The largest absolute Gasteiger partial charge is 0.505 e. The molecular formula is C20H16F24HfO8+8. The van der Waals surface area contributed by atoms with Crippen LogP contribution in [0.15, 0.2) is 0 Å². The molecule has 0 amide bonds. The second-order valence-corrected chi connectivity index (χ2v) is 8.26. The van der Waals surface area contributed by atoms with Crippen molar-refractivity contribution in [1.82, 2.24) is 0 Å². The fourth-order valence-corrected chi connectivity index (χ4v) is 1.44. The molecule has 0 fully saturated rings. The molecule has 8 N–H and O–H groups in total. The zero-order chi connectivity index (χ0) is 43.4. The molecule has 0 saturated carbocycles. The number of hydrogen-bond donors (Lipinski definition) is 0. The predicted octanol–water partition coefficient (Wildman–Crippen LogP) is 6.36. The van der Waals surface area contributed by atoms with E-state index < -0.39 is 121 Å². The van der Waals surface area contributed by atoms with Crippen LogP contribution in [0.2, 0.25) is 0 Å². The molecule has 33 heteroatoms. The molecule has 308 valence electrons. The van der Waals surface area contributed by atoms with Crippen molar-refractivity contribution in [3.63, 3.8) is 0 Å². The van der Waals surface area contributed by atoms with Crippen molar-refractivity contribution < 1.29 is 170 Å². The van der Waals surface area contributed by atoms with E-state index in [4.69, 9.17) is 38.4 Å². The van der Waals surface area contributed by atoms with Gasteiger partial charge in [0.2, 0.25) is 0 Å². The van der Waals surface area contributed by atoms with Crippen LogP contribution in [0.4, 0.5) is 105 Å². The Morgan fingerprint density at radius 2 is 0.264 bits per heavy atom. The molecule has 0 aromatic heterocycles. The smallest absolute Gasteiger partial charge is 0.273 e. The summed E-state index contributed by atoms with van der Waals surface area (Å²) in [6, 6.07) is 0. The maximum atomic E-state index is 11.4. The third kappa shape index (κ3) is 28.7. The summed E-state index contributed by atoms with van der Waals surface area (Å²) in [5.41, 5.74) is 0. The predicted molar refractivity (Wildman–Crippen MR) is 122 cm³/mol. The fourth-order valence-electron chi connectivity index (χ4n) is 1.44. The number of hydrogen-bond acceptors (Lipinski definition) is 0. The minimum absolute atomic E-state index is 0. The first-order valence-corrected chi connectivity index (χ1v) is 11.2. The van der Waals surface area contributed by atoms with E-state index in [2.05, 4.69) is 0 Å². The topological polar surface area (TPSA) is 171 Å². The maximum absolute atomic E-state index is 11.4. The molecule has 0 aliphatic rings. The molecule has 0 unspecified atom stereocenters. The van der Waals surface area contributed by atoms with Gasteiger partial charge in [-0.1, -0.05) is 0 Å². The summed E-state index contributed by atoms with van der Waals surface area (Å²) in [7, 11) is 0. The van der Waals surface area contributed by atoms with Crippen molar-refractivity contribution in [3.05, 3.63) is 0 Å². The van der Waals surface area contributed by atoms with E-state index in [1.807, 2.05) is 0 Å². The third-order valence-electron chi connectivity index (χ3n) is 3.96. The molecule has 0 spiro atoms. The van der Waals surface area contributed by atoms with E-state index in [0.717, 1.165) is 0 Å². The van der Waals surface area contributed by atoms with Gasteiger partial charge >= 0.3 is 95.7 Å². The van der Waals surface area contributed by atoms with Gasteiger partial charge in [0.05, 0.1) is 0 Å². The van der Waals surface area contributed by atoms with Crippen LogP contribution in [-0.2, 0) is 25.8 Å². The van der Waals surface area contributed by atoms with Gasteiger partial charge in [-0.3, -0.25) is 38.4 Å². The minimum atomic E-state index is -5.25. The molecule has 0 saturated heterocycles. The first kappa shape index (κ1) is 58.8. The number of halogens is 24. The van der Waals surface area contributed by atoms with Gasteiger partial charge in [-0.05, 0) is 0 Å². The average Bonchev–Trinajstić information content (AvgIpc) is 2.85. The van der Waals surface area contributed by atoms with Gasteiger partial charge in [0.1, 0.15) is 0 Å². The molecule has 0 aliphatic heterocycles. The van der Waals surface area contributed by atoms with Gasteiger partial charge in [-0.25, -0.2) is 0 Å². The van der Waals surface area contributed by atoms with Crippen LogP contribution >= 0.6 is 0 Å². The molecule has 0 aliphatic carbocycles. The van der Waals surface area contributed by atoms with Gasteiger partial charge in [-0.2, -0.15) is 105 Å². The Morgan fingerprint density at radius 1 is 0.208 bits per heavy atom. The average molecular weight is 1020 g/mol. The van der Waals surface area contributed by atoms with Crippen molar-refractivity contribution >= 4 is 46.3 Å². The van der Waals surface area contributed by atoms with E-state index in [0.29, 0.717) is 0 Å². The Hall–Kier alpha value is -3.45. The molecule has 0 atom stereocenters. The van der Waals surface area contributed by atoms with Crippen molar-refractivity contribution in [1.29, 1.82) is 0 Å². The molecular weight excluding hydrogens is 1000 g/mol. The summed E-state index contributed by atoms with van der Waals surface area (Å²) in [6.07, 6.45) is -49.9. The standard InChI is InChI=1S/4C5H2F6O2.Hf/c4*6-4(7,8)2(12)1-3(13)5(9,10)11;/h4*1H2;/p+8. The Bertz CT molecular complexity index is 1010.